The minimum atomic E-state index is 0.340. The Labute approximate surface area is 98.3 Å². The van der Waals surface area contributed by atoms with Gasteiger partial charge < -0.3 is 4.98 Å². The number of hydrogen-bond donors (Lipinski definition) is 1. The molecule has 78 valence electrons. The molecular formula is C11H11ClN2S. The van der Waals surface area contributed by atoms with Crippen molar-refractivity contribution in [2.75, 3.05) is 0 Å². The highest BCUT2D eigenvalue weighted by molar-refractivity contribution is 7.71. The van der Waals surface area contributed by atoms with Crippen LogP contribution in [-0.2, 0) is 0 Å². The predicted molar refractivity (Wildman–Crippen MR) is 66.0 cm³/mol. The van der Waals surface area contributed by atoms with Crippen LogP contribution in [0.15, 0.2) is 18.2 Å². The largest absolute Gasteiger partial charge is 0.343 e. The smallest absolute Gasteiger partial charge is 0.137 e. The van der Waals surface area contributed by atoms with Crippen molar-refractivity contribution in [3.63, 3.8) is 0 Å². The summed E-state index contributed by atoms with van der Waals surface area (Å²) >= 11 is 11.1. The van der Waals surface area contributed by atoms with Crippen molar-refractivity contribution < 1.29 is 0 Å². The van der Waals surface area contributed by atoms with Crippen molar-refractivity contribution >= 4 is 34.7 Å². The maximum atomic E-state index is 5.91. The number of halogens is 1. The fourth-order valence-corrected chi connectivity index (χ4v) is 1.85. The van der Waals surface area contributed by atoms with Crippen molar-refractivity contribution in [2.24, 2.45) is 0 Å². The topological polar surface area (TPSA) is 28.7 Å². The summed E-state index contributed by atoms with van der Waals surface area (Å²) in [7, 11) is 0. The van der Waals surface area contributed by atoms with E-state index >= 15 is 0 Å². The molecule has 4 heteroatoms. The van der Waals surface area contributed by atoms with E-state index in [2.05, 4.69) is 23.8 Å². The lowest BCUT2D eigenvalue weighted by molar-refractivity contribution is 0.780. The first-order valence-corrected chi connectivity index (χ1v) is 5.56. The molecule has 1 aromatic carbocycles. The van der Waals surface area contributed by atoms with E-state index in [0.29, 0.717) is 15.6 Å². The van der Waals surface area contributed by atoms with E-state index < -0.39 is 0 Å². The lowest BCUT2D eigenvalue weighted by Crippen LogP contribution is -1.98. The van der Waals surface area contributed by atoms with Gasteiger partial charge in [0.15, 0.2) is 0 Å². The highest BCUT2D eigenvalue weighted by Crippen LogP contribution is 2.20. The molecule has 0 saturated heterocycles. The Hall–Kier alpha value is -0.930. The van der Waals surface area contributed by atoms with Gasteiger partial charge in [0.25, 0.3) is 0 Å². The molecule has 0 spiro atoms. The maximum absolute atomic E-state index is 5.91. The number of nitrogens with zero attached hydrogens (tertiary/aromatic N) is 1. The van der Waals surface area contributed by atoms with Crippen LogP contribution in [-0.4, -0.2) is 9.97 Å². The van der Waals surface area contributed by atoms with Crippen LogP contribution in [0.3, 0.4) is 0 Å². The van der Waals surface area contributed by atoms with Crippen LogP contribution in [0, 0.1) is 4.64 Å². The van der Waals surface area contributed by atoms with Gasteiger partial charge in [-0.25, -0.2) is 4.98 Å². The van der Waals surface area contributed by atoms with Crippen LogP contribution in [0.4, 0.5) is 0 Å². The van der Waals surface area contributed by atoms with Crippen LogP contribution in [0.5, 0.6) is 0 Å². The van der Waals surface area contributed by atoms with E-state index in [4.69, 9.17) is 23.8 Å². The lowest BCUT2D eigenvalue weighted by atomic mass is 10.2. The predicted octanol–water partition coefficient (Wildman–Crippen LogP) is 4.07. The van der Waals surface area contributed by atoms with E-state index in [1.54, 1.807) is 0 Å². The maximum Gasteiger partial charge on any atom is 0.137 e. The lowest BCUT2D eigenvalue weighted by Gasteiger charge is -2.06. The van der Waals surface area contributed by atoms with E-state index in [9.17, 15) is 0 Å². The molecule has 0 aliphatic rings. The third-order valence-electron chi connectivity index (χ3n) is 2.24. The molecule has 2 aromatic rings. The Morgan fingerprint density at radius 2 is 2.13 bits per heavy atom. The van der Waals surface area contributed by atoms with Gasteiger partial charge in [0, 0.05) is 21.8 Å². The first kappa shape index (κ1) is 10.6. The SMILES string of the molecule is CC(C)c1nc(=S)c2cc(Cl)ccc2[nH]1. The van der Waals surface area contributed by atoms with Crippen molar-refractivity contribution in [3.8, 4) is 0 Å². The number of hydrogen-bond acceptors (Lipinski definition) is 2. The number of fused-ring (bicyclic) bond motifs is 1. The normalized spacial score (nSPS) is 11.2. The molecule has 1 N–H and O–H groups in total. The zero-order valence-corrected chi connectivity index (χ0v) is 10.1. The summed E-state index contributed by atoms with van der Waals surface area (Å²) in [4.78, 5) is 7.60. The molecule has 0 amide bonds. The third kappa shape index (κ3) is 2.03. The van der Waals surface area contributed by atoms with E-state index in [0.717, 1.165) is 16.7 Å². The van der Waals surface area contributed by atoms with Gasteiger partial charge in [-0.1, -0.05) is 37.7 Å². The average molecular weight is 239 g/mol. The van der Waals surface area contributed by atoms with Gasteiger partial charge >= 0.3 is 0 Å². The molecule has 0 bridgehead atoms. The minimum absolute atomic E-state index is 0.340. The van der Waals surface area contributed by atoms with Gasteiger partial charge in [0.2, 0.25) is 0 Å². The number of rotatable bonds is 1. The fourth-order valence-electron chi connectivity index (χ4n) is 1.41. The summed E-state index contributed by atoms with van der Waals surface area (Å²) in [5.74, 6) is 1.25. The van der Waals surface area contributed by atoms with Gasteiger partial charge in [0.05, 0.1) is 0 Å². The third-order valence-corrected chi connectivity index (χ3v) is 2.79. The standard InChI is InChI=1S/C11H11ClN2S/c1-6(2)10-13-9-4-3-7(12)5-8(9)11(15)14-10/h3-6H,1-2H3,(H,13,14,15). The van der Waals surface area contributed by atoms with Gasteiger partial charge in [0.1, 0.15) is 10.5 Å². The highest BCUT2D eigenvalue weighted by atomic mass is 35.5. The van der Waals surface area contributed by atoms with Crippen LogP contribution in [0.2, 0.25) is 5.02 Å². The zero-order chi connectivity index (χ0) is 11.0. The number of nitrogens with one attached hydrogen (secondary N) is 1. The van der Waals surface area contributed by atoms with Crippen molar-refractivity contribution in [2.45, 2.75) is 19.8 Å². The molecule has 0 unspecified atom stereocenters. The summed E-state index contributed by atoms with van der Waals surface area (Å²) in [6.07, 6.45) is 0. The molecule has 0 atom stereocenters. The molecule has 0 fully saturated rings. The number of aromatic amines is 1. The zero-order valence-electron chi connectivity index (χ0n) is 8.54. The quantitative estimate of drug-likeness (QED) is 0.759. The van der Waals surface area contributed by atoms with Crippen molar-refractivity contribution in [3.05, 3.63) is 33.7 Å². The number of H-pyrrole nitrogens is 1. The van der Waals surface area contributed by atoms with E-state index in [1.807, 2.05) is 18.2 Å². The Kier molecular flexibility index (Phi) is 2.76. The Morgan fingerprint density at radius 3 is 2.80 bits per heavy atom. The first-order chi connectivity index (χ1) is 7.08. The highest BCUT2D eigenvalue weighted by Gasteiger charge is 2.04. The number of aromatic nitrogens is 2. The molecule has 1 heterocycles. The summed E-state index contributed by atoms with van der Waals surface area (Å²) in [6, 6.07) is 5.62. The Morgan fingerprint density at radius 1 is 1.40 bits per heavy atom. The molecular weight excluding hydrogens is 228 g/mol. The van der Waals surface area contributed by atoms with Crippen molar-refractivity contribution in [1.82, 2.24) is 9.97 Å². The molecule has 0 saturated carbocycles. The first-order valence-electron chi connectivity index (χ1n) is 4.77. The monoisotopic (exact) mass is 238 g/mol. The molecule has 0 aliphatic heterocycles. The van der Waals surface area contributed by atoms with Gasteiger partial charge in [-0.2, -0.15) is 0 Å². The summed E-state index contributed by atoms with van der Waals surface area (Å²) < 4.78 is 0.606. The second-order valence-electron chi connectivity index (χ2n) is 3.77. The molecule has 1 aromatic heterocycles. The molecule has 2 rings (SSSR count). The number of benzene rings is 1. The molecule has 2 nitrogen and oxygen atoms in total. The summed E-state index contributed by atoms with van der Waals surface area (Å²) in [6.45, 7) is 4.16. The molecule has 0 radical (unpaired) electrons. The molecule has 0 aliphatic carbocycles. The van der Waals surface area contributed by atoms with E-state index in [-0.39, 0.29) is 0 Å². The Bertz CT molecular complexity index is 560. The average Bonchev–Trinajstić information content (AvgIpc) is 2.18. The van der Waals surface area contributed by atoms with E-state index in [1.165, 1.54) is 0 Å². The fraction of sp³-hybridized carbons (Fsp3) is 0.273. The van der Waals surface area contributed by atoms with Gasteiger partial charge in [-0.15, -0.1) is 0 Å². The van der Waals surface area contributed by atoms with Crippen LogP contribution < -0.4 is 0 Å². The van der Waals surface area contributed by atoms with Crippen LogP contribution >= 0.6 is 23.8 Å². The second kappa shape index (κ2) is 3.91. The molecule has 15 heavy (non-hydrogen) atoms. The van der Waals surface area contributed by atoms with Gasteiger partial charge in [-0.05, 0) is 18.2 Å². The van der Waals surface area contributed by atoms with Gasteiger partial charge in [-0.3, -0.25) is 0 Å². The summed E-state index contributed by atoms with van der Waals surface area (Å²) in [5, 5.41) is 1.59. The van der Waals surface area contributed by atoms with Crippen molar-refractivity contribution in [1.29, 1.82) is 0 Å². The minimum Gasteiger partial charge on any atom is -0.343 e. The van der Waals surface area contributed by atoms with Crippen LogP contribution in [0.25, 0.3) is 10.9 Å². The summed E-state index contributed by atoms with van der Waals surface area (Å²) in [5.41, 5.74) is 0.989. The second-order valence-corrected chi connectivity index (χ2v) is 4.59. The van der Waals surface area contributed by atoms with Crippen LogP contribution in [0.1, 0.15) is 25.6 Å². The Balaban J connectivity index is 2.79.